The number of methoxy groups -OCH3 is 1. The number of aromatic nitrogens is 2. The minimum atomic E-state index is -0.595. The van der Waals surface area contributed by atoms with Crippen molar-refractivity contribution < 1.29 is 9.53 Å². The Morgan fingerprint density at radius 2 is 1.91 bits per heavy atom. The molecular weight excluding hydrogens is 288 g/mol. The summed E-state index contributed by atoms with van der Waals surface area (Å²) in [7, 11) is 1.53. The Bertz CT molecular complexity index is 818. The van der Waals surface area contributed by atoms with E-state index in [4.69, 9.17) is 4.74 Å². The van der Waals surface area contributed by atoms with Crippen LogP contribution in [0.4, 0.5) is 0 Å². The fraction of sp³-hybridized carbons (Fsp3) is 0.143. The average Bonchev–Trinajstić information content (AvgIpc) is 2.49. The van der Waals surface area contributed by atoms with Gasteiger partial charge in [0.1, 0.15) is 5.75 Å². The molecule has 0 aliphatic rings. The fourth-order valence-corrected chi connectivity index (χ4v) is 1.73. The summed E-state index contributed by atoms with van der Waals surface area (Å²) in [5.74, 6) is 0.202. The Morgan fingerprint density at radius 1 is 1.23 bits per heavy atom. The third-order valence-electron chi connectivity index (χ3n) is 2.89. The van der Waals surface area contributed by atoms with E-state index in [9.17, 15) is 14.4 Å². The Labute approximate surface area is 124 Å². The molecule has 0 saturated carbocycles. The average molecular weight is 302 g/mol. The topological polar surface area (TPSA) is 116 Å². The van der Waals surface area contributed by atoms with Gasteiger partial charge in [0.15, 0.2) is 0 Å². The third-order valence-corrected chi connectivity index (χ3v) is 2.89. The van der Waals surface area contributed by atoms with Gasteiger partial charge in [0, 0.05) is 11.3 Å². The van der Waals surface area contributed by atoms with Crippen LogP contribution in [0.3, 0.4) is 0 Å². The summed E-state index contributed by atoms with van der Waals surface area (Å²) < 4.78 is 5.00. The molecule has 2 aromatic rings. The highest BCUT2D eigenvalue weighted by atomic mass is 16.5. The van der Waals surface area contributed by atoms with E-state index in [0.29, 0.717) is 17.0 Å². The molecule has 22 heavy (non-hydrogen) atoms. The number of aryl methyl sites for hydroxylation is 1. The molecule has 2 rings (SSSR count). The molecule has 1 amide bonds. The molecule has 0 spiro atoms. The van der Waals surface area contributed by atoms with Crippen LogP contribution in [0.1, 0.15) is 21.6 Å². The second-order valence-corrected chi connectivity index (χ2v) is 4.37. The number of carbonyl (C=O) groups is 1. The largest absolute Gasteiger partial charge is 0.497 e. The molecule has 0 aliphatic heterocycles. The van der Waals surface area contributed by atoms with Crippen LogP contribution in [0.25, 0.3) is 0 Å². The van der Waals surface area contributed by atoms with E-state index in [0.717, 1.165) is 0 Å². The normalized spacial score (nSPS) is 10.6. The SMILES string of the molecule is COc1ccc(C(=O)N/N=C/c2c(C)[nH]c(=O)[nH]c2=O)cc1. The van der Waals surface area contributed by atoms with E-state index in [1.807, 2.05) is 0 Å². The van der Waals surface area contributed by atoms with E-state index in [2.05, 4.69) is 20.5 Å². The Kier molecular flexibility index (Phi) is 4.52. The van der Waals surface area contributed by atoms with Gasteiger partial charge in [-0.1, -0.05) is 0 Å². The maximum absolute atomic E-state index is 11.8. The predicted octanol–water partition coefficient (Wildman–Crippen LogP) is 0.144. The number of rotatable bonds is 4. The van der Waals surface area contributed by atoms with E-state index < -0.39 is 17.2 Å². The number of nitrogens with one attached hydrogen (secondary N) is 3. The monoisotopic (exact) mass is 302 g/mol. The van der Waals surface area contributed by atoms with Crippen molar-refractivity contribution in [1.29, 1.82) is 0 Å². The standard InChI is InChI=1S/C14H14N4O4/c1-8-11(13(20)17-14(21)16-8)7-15-18-12(19)9-3-5-10(22-2)6-4-9/h3-7H,1-2H3,(H,18,19)(H2,16,17,20,21)/b15-7+. The third kappa shape index (κ3) is 3.48. The Balaban J connectivity index is 2.10. The molecule has 1 heterocycles. The number of hydrazone groups is 1. The number of ether oxygens (including phenoxy) is 1. The summed E-state index contributed by atoms with van der Waals surface area (Å²) in [6.07, 6.45) is 1.17. The van der Waals surface area contributed by atoms with Gasteiger partial charge in [-0.25, -0.2) is 10.2 Å². The smallest absolute Gasteiger partial charge is 0.325 e. The molecule has 0 bridgehead atoms. The number of hydrogen-bond acceptors (Lipinski definition) is 5. The lowest BCUT2D eigenvalue weighted by Crippen LogP contribution is -2.27. The van der Waals surface area contributed by atoms with Crippen LogP contribution >= 0.6 is 0 Å². The zero-order valence-electron chi connectivity index (χ0n) is 12.0. The van der Waals surface area contributed by atoms with Crippen molar-refractivity contribution in [3.05, 3.63) is 61.9 Å². The fourth-order valence-electron chi connectivity index (χ4n) is 1.73. The minimum Gasteiger partial charge on any atom is -0.497 e. The summed E-state index contributed by atoms with van der Waals surface area (Å²) in [5, 5.41) is 3.71. The van der Waals surface area contributed by atoms with E-state index in [1.54, 1.807) is 31.2 Å². The number of hydrogen-bond donors (Lipinski definition) is 3. The van der Waals surface area contributed by atoms with Gasteiger partial charge >= 0.3 is 5.69 Å². The quantitative estimate of drug-likeness (QED) is 0.550. The second-order valence-electron chi connectivity index (χ2n) is 4.37. The van der Waals surface area contributed by atoms with E-state index in [1.165, 1.54) is 13.3 Å². The lowest BCUT2D eigenvalue weighted by molar-refractivity contribution is 0.0955. The first-order valence-electron chi connectivity index (χ1n) is 6.32. The van der Waals surface area contributed by atoms with Crippen molar-refractivity contribution in [2.45, 2.75) is 6.92 Å². The zero-order chi connectivity index (χ0) is 16.1. The van der Waals surface area contributed by atoms with Crippen LogP contribution in [0, 0.1) is 6.92 Å². The highest BCUT2D eigenvalue weighted by Gasteiger charge is 2.05. The van der Waals surface area contributed by atoms with E-state index >= 15 is 0 Å². The zero-order valence-corrected chi connectivity index (χ0v) is 12.0. The van der Waals surface area contributed by atoms with Crippen LogP contribution in [0.15, 0.2) is 39.0 Å². The molecule has 0 aliphatic carbocycles. The van der Waals surface area contributed by atoms with Crippen molar-refractivity contribution in [1.82, 2.24) is 15.4 Å². The van der Waals surface area contributed by atoms with Crippen molar-refractivity contribution in [3.8, 4) is 5.75 Å². The van der Waals surface area contributed by atoms with Gasteiger partial charge in [-0.2, -0.15) is 5.10 Å². The number of H-pyrrole nitrogens is 2. The summed E-state index contributed by atoms with van der Waals surface area (Å²) >= 11 is 0. The molecule has 3 N–H and O–H groups in total. The molecule has 0 fully saturated rings. The van der Waals surface area contributed by atoms with Gasteiger partial charge < -0.3 is 9.72 Å². The first kappa shape index (κ1) is 15.2. The maximum Gasteiger partial charge on any atom is 0.325 e. The molecule has 1 aromatic heterocycles. The Morgan fingerprint density at radius 3 is 2.50 bits per heavy atom. The van der Waals surface area contributed by atoms with Crippen LogP contribution < -0.4 is 21.4 Å². The van der Waals surface area contributed by atoms with Crippen molar-refractivity contribution in [2.75, 3.05) is 7.11 Å². The summed E-state index contributed by atoms with van der Waals surface area (Å²) in [6, 6.07) is 6.47. The lowest BCUT2D eigenvalue weighted by Gasteiger charge is -2.02. The van der Waals surface area contributed by atoms with E-state index in [-0.39, 0.29) is 5.56 Å². The van der Waals surface area contributed by atoms with Gasteiger partial charge in [0.2, 0.25) is 0 Å². The van der Waals surface area contributed by atoms with Crippen molar-refractivity contribution in [2.24, 2.45) is 5.10 Å². The molecule has 0 unspecified atom stereocenters. The first-order valence-corrected chi connectivity index (χ1v) is 6.32. The highest BCUT2D eigenvalue weighted by molar-refractivity contribution is 5.95. The molecule has 8 nitrogen and oxygen atoms in total. The molecule has 114 valence electrons. The summed E-state index contributed by atoms with van der Waals surface area (Å²) in [6.45, 7) is 1.56. The van der Waals surface area contributed by atoms with Crippen LogP contribution in [-0.4, -0.2) is 29.2 Å². The number of carbonyl (C=O) groups excluding carboxylic acids is 1. The Hall–Kier alpha value is -3.16. The molecule has 0 saturated heterocycles. The number of nitrogens with zero attached hydrogens (tertiary/aromatic N) is 1. The van der Waals surface area contributed by atoms with Gasteiger partial charge in [0.05, 0.1) is 18.9 Å². The van der Waals surface area contributed by atoms with Crippen LogP contribution in [-0.2, 0) is 0 Å². The number of amides is 1. The second kappa shape index (κ2) is 6.53. The minimum absolute atomic E-state index is 0.162. The van der Waals surface area contributed by atoms with Crippen molar-refractivity contribution in [3.63, 3.8) is 0 Å². The maximum atomic E-state index is 11.8. The molecule has 8 heteroatoms. The molecule has 0 atom stereocenters. The molecular formula is C14H14N4O4. The summed E-state index contributed by atoms with van der Waals surface area (Å²) in [4.78, 5) is 39.0. The lowest BCUT2D eigenvalue weighted by atomic mass is 10.2. The van der Waals surface area contributed by atoms with Crippen LogP contribution in [0.5, 0.6) is 5.75 Å². The van der Waals surface area contributed by atoms with Crippen molar-refractivity contribution >= 4 is 12.1 Å². The number of benzene rings is 1. The molecule has 0 radical (unpaired) electrons. The predicted molar refractivity (Wildman–Crippen MR) is 80.5 cm³/mol. The molecule has 1 aromatic carbocycles. The van der Waals surface area contributed by atoms with Gasteiger partial charge in [0.25, 0.3) is 11.5 Å². The van der Waals surface area contributed by atoms with Gasteiger partial charge in [-0.15, -0.1) is 0 Å². The van der Waals surface area contributed by atoms with Gasteiger partial charge in [-0.3, -0.25) is 14.6 Å². The van der Waals surface area contributed by atoms with Crippen LogP contribution in [0.2, 0.25) is 0 Å². The first-order chi connectivity index (χ1) is 10.5. The van der Waals surface area contributed by atoms with Gasteiger partial charge in [-0.05, 0) is 31.2 Å². The number of aromatic amines is 2. The highest BCUT2D eigenvalue weighted by Crippen LogP contribution is 2.10. The summed E-state index contributed by atoms with van der Waals surface area (Å²) in [5.41, 5.74) is 2.04.